The summed E-state index contributed by atoms with van der Waals surface area (Å²) in [6, 6.07) is 5.94. The van der Waals surface area contributed by atoms with Crippen LogP contribution in [0.2, 0.25) is 0 Å². The number of carbonyl (C=O) groups is 2. The first-order valence-corrected chi connectivity index (χ1v) is 10.1. The topological polar surface area (TPSA) is 76.0 Å². The molecule has 150 valence electrons. The molecule has 2 N–H and O–H groups in total. The molecule has 2 aromatic rings. The highest BCUT2D eigenvalue weighted by Gasteiger charge is 2.27. The Morgan fingerprint density at radius 1 is 1.11 bits per heavy atom. The molecule has 0 unspecified atom stereocenters. The van der Waals surface area contributed by atoms with Gasteiger partial charge in [-0.15, -0.1) is 0 Å². The van der Waals surface area contributed by atoms with E-state index in [1.807, 2.05) is 30.5 Å². The molecule has 0 saturated carbocycles. The summed E-state index contributed by atoms with van der Waals surface area (Å²) in [5.74, 6) is 0.420. The van der Waals surface area contributed by atoms with Crippen molar-refractivity contribution in [1.82, 2.24) is 14.9 Å². The minimum atomic E-state index is -0.253. The third-order valence-electron chi connectivity index (χ3n) is 5.02. The number of anilines is 1. The number of carbonyl (C=O) groups excluding carboxylic acids is 2. The number of benzene rings is 1. The molecule has 0 aliphatic carbocycles. The fraction of sp³-hybridized carbons (Fsp3) is 0.500. The van der Waals surface area contributed by atoms with Crippen LogP contribution in [-0.4, -0.2) is 27.9 Å². The Morgan fingerprint density at radius 2 is 1.82 bits per heavy atom. The zero-order chi connectivity index (χ0) is 20.3. The van der Waals surface area contributed by atoms with Gasteiger partial charge < -0.3 is 15.2 Å². The highest BCUT2D eigenvalue weighted by molar-refractivity contribution is 6.05. The Morgan fingerprint density at radius 3 is 2.50 bits per heavy atom. The van der Waals surface area contributed by atoms with E-state index in [9.17, 15) is 9.59 Å². The van der Waals surface area contributed by atoms with Gasteiger partial charge in [0.1, 0.15) is 0 Å². The molecule has 1 aromatic carbocycles. The molecule has 1 aliphatic rings. The van der Waals surface area contributed by atoms with E-state index in [1.54, 1.807) is 0 Å². The molecule has 1 aliphatic heterocycles. The van der Waals surface area contributed by atoms with Crippen LogP contribution in [0.1, 0.15) is 71.0 Å². The Balaban J connectivity index is 1.83. The summed E-state index contributed by atoms with van der Waals surface area (Å²) in [5.41, 5.74) is 4.16. The fourth-order valence-electron chi connectivity index (χ4n) is 3.69. The van der Waals surface area contributed by atoms with Crippen LogP contribution in [0.25, 0.3) is 0 Å². The maximum atomic E-state index is 12.9. The minimum absolute atomic E-state index is 0.200. The van der Waals surface area contributed by atoms with Crippen LogP contribution in [0, 0.1) is 19.8 Å². The minimum Gasteiger partial charge on any atom is -0.349 e. The van der Waals surface area contributed by atoms with E-state index in [1.165, 1.54) is 0 Å². The van der Waals surface area contributed by atoms with Crippen molar-refractivity contribution < 1.29 is 9.59 Å². The lowest BCUT2D eigenvalue weighted by atomic mass is 10.1. The van der Waals surface area contributed by atoms with Gasteiger partial charge in [-0.25, -0.2) is 4.98 Å². The summed E-state index contributed by atoms with van der Waals surface area (Å²) in [4.78, 5) is 30.1. The normalized spacial score (nSPS) is 13.3. The predicted octanol–water partition coefficient (Wildman–Crippen LogP) is 3.86. The van der Waals surface area contributed by atoms with Gasteiger partial charge in [0.05, 0.1) is 5.69 Å². The van der Waals surface area contributed by atoms with Gasteiger partial charge in [0, 0.05) is 18.8 Å². The average Bonchev–Trinajstić information content (AvgIpc) is 3.00. The summed E-state index contributed by atoms with van der Waals surface area (Å²) in [6.45, 7) is 9.59. The monoisotopic (exact) mass is 382 g/mol. The van der Waals surface area contributed by atoms with Gasteiger partial charge in [-0.3, -0.25) is 9.59 Å². The smallest absolute Gasteiger partial charge is 0.287 e. The summed E-state index contributed by atoms with van der Waals surface area (Å²) in [7, 11) is 0. The second-order valence-corrected chi connectivity index (χ2v) is 8.11. The molecule has 6 heteroatoms. The molecule has 1 aromatic heterocycles. The second-order valence-electron chi connectivity index (χ2n) is 8.11. The molecule has 3 rings (SSSR count). The molecule has 0 spiro atoms. The van der Waals surface area contributed by atoms with E-state index in [2.05, 4.69) is 35.5 Å². The van der Waals surface area contributed by atoms with Crippen LogP contribution in [-0.2, 0) is 13.0 Å². The number of amides is 2. The van der Waals surface area contributed by atoms with E-state index in [-0.39, 0.29) is 11.8 Å². The van der Waals surface area contributed by atoms with Crippen LogP contribution in [0.15, 0.2) is 18.2 Å². The first-order valence-electron chi connectivity index (χ1n) is 10.1. The zero-order valence-electron chi connectivity index (χ0n) is 17.3. The van der Waals surface area contributed by atoms with Gasteiger partial charge in [-0.1, -0.05) is 19.9 Å². The van der Waals surface area contributed by atoms with Crippen molar-refractivity contribution in [3.63, 3.8) is 0 Å². The molecule has 2 amide bonds. The van der Waals surface area contributed by atoms with Crippen molar-refractivity contribution >= 4 is 17.5 Å². The molecule has 6 nitrogen and oxygen atoms in total. The summed E-state index contributed by atoms with van der Waals surface area (Å²) < 4.78 is 1.92. The molecule has 0 radical (unpaired) electrons. The largest absolute Gasteiger partial charge is 0.349 e. The zero-order valence-corrected chi connectivity index (χ0v) is 17.3. The molecule has 0 atom stereocenters. The quantitative estimate of drug-likeness (QED) is 0.796. The lowest BCUT2D eigenvalue weighted by molar-refractivity contribution is 0.0936. The fourth-order valence-corrected chi connectivity index (χ4v) is 3.69. The number of hydrogen-bond donors (Lipinski definition) is 2. The van der Waals surface area contributed by atoms with E-state index in [4.69, 9.17) is 0 Å². The van der Waals surface area contributed by atoms with Crippen LogP contribution in [0.5, 0.6) is 0 Å². The van der Waals surface area contributed by atoms with Crippen molar-refractivity contribution in [2.24, 2.45) is 5.92 Å². The molecule has 0 fully saturated rings. The Labute approximate surface area is 166 Å². The number of aryl methyl sites for hydroxylation is 2. The Bertz CT molecular complexity index is 863. The Hall–Kier alpha value is -2.63. The molecule has 28 heavy (non-hydrogen) atoms. The highest BCUT2D eigenvalue weighted by atomic mass is 16.2. The van der Waals surface area contributed by atoms with Crippen LogP contribution in [0.3, 0.4) is 0 Å². The van der Waals surface area contributed by atoms with Gasteiger partial charge in [-0.05, 0) is 68.7 Å². The van der Waals surface area contributed by atoms with Crippen LogP contribution < -0.4 is 10.6 Å². The van der Waals surface area contributed by atoms with Gasteiger partial charge in [0.2, 0.25) is 0 Å². The number of imidazole rings is 1. The third kappa shape index (κ3) is 4.61. The lowest BCUT2D eigenvalue weighted by Crippen LogP contribution is -2.29. The first-order chi connectivity index (χ1) is 13.3. The number of hydrogen-bond acceptors (Lipinski definition) is 3. The SMILES string of the molecule is Cc1cc(C)cc(NC(=O)c2nc(C(=O)NCCC(C)C)n3c2CCCC3)c1. The highest BCUT2D eigenvalue weighted by Crippen LogP contribution is 2.23. The maximum Gasteiger partial charge on any atom is 0.287 e. The number of nitrogens with one attached hydrogen (secondary N) is 2. The summed E-state index contributed by atoms with van der Waals surface area (Å²) in [5, 5.41) is 5.90. The van der Waals surface area contributed by atoms with Gasteiger partial charge in [-0.2, -0.15) is 0 Å². The molecular formula is C22H30N4O2. The van der Waals surface area contributed by atoms with Crippen LogP contribution in [0.4, 0.5) is 5.69 Å². The van der Waals surface area contributed by atoms with Crippen LogP contribution >= 0.6 is 0 Å². The first kappa shape index (κ1) is 20.1. The van der Waals surface area contributed by atoms with Crippen molar-refractivity contribution in [3.05, 3.63) is 46.5 Å². The Kier molecular flexibility index (Phi) is 6.17. The maximum absolute atomic E-state index is 12.9. The number of fused-ring (bicyclic) bond motifs is 1. The standard InChI is InChI=1S/C22H30N4O2/c1-14(2)8-9-23-22(28)20-25-19(18-7-5-6-10-26(18)20)21(27)24-17-12-15(3)11-16(4)13-17/h11-14H,5-10H2,1-4H3,(H,23,28)(H,24,27). The van der Waals surface area contributed by atoms with Gasteiger partial charge in [0.15, 0.2) is 11.5 Å². The van der Waals surface area contributed by atoms with Crippen molar-refractivity contribution in [1.29, 1.82) is 0 Å². The molecule has 0 bridgehead atoms. The van der Waals surface area contributed by atoms with Crippen molar-refractivity contribution in [3.8, 4) is 0 Å². The van der Waals surface area contributed by atoms with E-state index in [0.29, 0.717) is 24.0 Å². The van der Waals surface area contributed by atoms with Crippen molar-refractivity contribution in [2.45, 2.75) is 59.9 Å². The number of aromatic nitrogens is 2. The number of rotatable bonds is 6. The van der Waals surface area contributed by atoms with Gasteiger partial charge in [0.25, 0.3) is 11.8 Å². The predicted molar refractivity (Wildman–Crippen MR) is 111 cm³/mol. The van der Waals surface area contributed by atoms with Crippen molar-refractivity contribution in [2.75, 3.05) is 11.9 Å². The second kappa shape index (κ2) is 8.59. The van der Waals surface area contributed by atoms with Gasteiger partial charge >= 0.3 is 0 Å². The molecule has 0 saturated heterocycles. The average molecular weight is 383 g/mol. The summed E-state index contributed by atoms with van der Waals surface area (Å²) >= 11 is 0. The van der Waals surface area contributed by atoms with E-state index < -0.39 is 0 Å². The number of nitrogens with zero attached hydrogens (tertiary/aromatic N) is 2. The summed E-state index contributed by atoms with van der Waals surface area (Å²) in [6.07, 6.45) is 3.68. The molecular weight excluding hydrogens is 352 g/mol. The van der Waals surface area contributed by atoms with E-state index in [0.717, 1.165) is 54.7 Å². The van der Waals surface area contributed by atoms with E-state index >= 15 is 0 Å². The molecule has 2 heterocycles. The lowest BCUT2D eigenvalue weighted by Gasteiger charge is -2.17. The third-order valence-corrected chi connectivity index (χ3v) is 5.02.